The van der Waals surface area contributed by atoms with E-state index < -0.39 is 6.10 Å². The van der Waals surface area contributed by atoms with Crippen molar-refractivity contribution in [1.29, 1.82) is 0 Å². The number of piperidine rings is 1. The first-order chi connectivity index (χ1) is 8.16. The van der Waals surface area contributed by atoms with E-state index in [0.717, 1.165) is 19.5 Å². The Labute approximate surface area is 104 Å². The number of carbonyl (C=O) groups excluding carboxylic acids is 1. The molecule has 0 bridgehead atoms. The summed E-state index contributed by atoms with van der Waals surface area (Å²) < 4.78 is 0. The van der Waals surface area contributed by atoms with Gasteiger partial charge in [-0.25, -0.2) is 0 Å². The molecular formula is C13H24N2O2. The number of likely N-dealkylation sites (tertiary alicyclic amines) is 2. The lowest BCUT2D eigenvalue weighted by atomic mass is 10.0. The van der Waals surface area contributed by atoms with Gasteiger partial charge in [0.05, 0.1) is 12.5 Å². The minimum Gasteiger partial charge on any atom is -0.391 e. The predicted molar refractivity (Wildman–Crippen MR) is 66.7 cm³/mol. The van der Waals surface area contributed by atoms with E-state index in [9.17, 15) is 9.90 Å². The van der Waals surface area contributed by atoms with Crippen LogP contribution in [0.3, 0.4) is 0 Å². The first-order valence-electron chi connectivity index (χ1n) is 6.86. The van der Waals surface area contributed by atoms with Gasteiger partial charge in [0.25, 0.3) is 0 Å². The van der Waals surface area contributed by atoms with Gasteiger partial charge in [-0.3, -0.25) is 4.79 Å². The van der Waals surface area contributed by atoms with Crippen molar-refractivity contribution in [3.63, 3.8) is 0 Å². The zero-order chi connectivity index (χ0) is 12.3. The van der Waals surface area contributed by atoms with Gasteiger partial charge in [-0.05, 0) is 32.7 Å². The molecule has 0 aliphatic carbocycles. The Balaban J connectivity index is 1.67. The molecule has 1 N–H and O–H groups in total. The van der Waals surface area contributed by atoms with Crippen LogP contribution in [0.2, 0.25) is 0 Å². The molecule has 2 fully saturated rings. The molecule has 2 aliphatic heterocycles. The molecule has 2 atom stereocenters. The van der Waals surface area contributed by atoms with Crippen LogP contribution in [0.5, 0.6) is 0 Å². The van der Waals surface area contributed by atoms with Crippen LogP contribution < -0.4 is 0 Å². The Morgan fingerprint density at radius 2 is 2.18 bits per heavy atom. The second-order valence-electron chi connectivity index (χ2n) is 5.43. The molecule has 2 unspecified atom stereocenters. The van der Waals surface area contributed by atoms with E-state index in [1.165, 1.54) is 25.8 Å². The summed E-state index contributed by atoms with van der Waals surface area (Å²) in [7, 11) is 0. The molecule has 4 heteroatoms. The van der Waals surface area contributed by atoms with Crippen LogP contribution in [0.25, 0.3) is 0 Å². The zero-order valence-electron chi connectivity index (χ0n) is 10.8. The lowest BCUT2D eigenvalue weighted by Crippen LogP contribution is -2.39. The second-order valence-corrected chi connectivity index (χ2v) is 5.43. The molecule has 2 aliphatic rings. The van der Waals surface area contributed by atoms with Crippen molar-refractivity contribution >= 4 is 5.91 Å². The van der Waals surface area contributed by atoms with Gasteiger partial charge in [-0.1, -0.05) is 6.42 Å². The summed E-state index contributed by atoms with van der Waals surface area (Å²) in [6, 6.07) is 0.698. The number of rotatable bonds is 4. The van der Waals surface area contributed by atoms with Crippen molar-refractivity contribution in [2.24, 2.45) is 0 Å². The minimum atomic E-state index is -0.434. The Kier molecular flexibility index (Phi) is 4.40. The summed E-state index contributed by atoms with van der Waals surface area (Å²) in [6.45, 7) is 5.93. The van der Waals surface area contributed by atoms with Gasteiger partial charge in [0.2, 0.25) is 5.91 Å². The smallest absolute Gasteiger partial charge is 0.225 e. The lowest BCUT2D eigenvalue weighted by molar-refractivity contribution is -0.127. The predicted octanol–water partition coefficient (Wildman–Crippen LogP) is 0.844. The van der Waals surface area contributed by atoms with Crippen LogP contribution in [-0.2, 0) is 4.79 Å². The average molecular weight is 240 g/mol. The van der Waals surface area contributed by atoms with E-state index in [1.54, 1.807) is 4.90 Å². The zero-order valence-corrected chi connectivity index (χ0v) is 10.8. The third-order valence-electron chi connectivity index (χ3n) is 4.01. The maximum Gasteiger partial charge on any atom is 0.225 e. The number of hydrogen-bond acceptors (Lipinski definition) is 3. The molecule has 2 rings (SSSR count). The van der Waals surface area contributed by atoms with Crippen LogP contribution in [0, 0.1) is 0 Å². The molecule has 98 valence electrons. The number of aliphatic hydroxyl groups excluding tert-OH is 1. The number of nitrogens with zero attached hydrogens (tertiary/aromatic N) is 2. The molecule has 0 aromatic carbocycles. The number of carbonyl (C=O) groups is 1. The van der Waals surface area contributed by atoms with E-state index in [-0.39, 0.29) is 5.91 Å². The Morgan fingerprint density at radius 1 is 1.35 bits per heavy atom. The van der Waals surface area contributed by atoms with Gasteiger partial charge in [0.15, 0.2) is 0 Å². The van der Waals surface area contributed by atoms with Gasteiger partial charge in [-0.2, -0.15) is 0 Å². The molecule has 2 heterocycles. The minimum absolute atomic E-state index is 0.115. The topological polar surface area (TPSA) is 43.8 Å². The highest BCUT2D eigenvalue weighted by Crippen LogP contribution is 2.17. The Morgan fingerprint density at radius 3 is 2.82 bits per heavy atom. The van der Waals surface area contributed by atoms with Crippen LogP contribution in [-0.4, -0.2) is 59.1 Å². The molecule has 0 saturated carbocycles. The van der Waals surface area contributed by atoms with Crippen molar-refractivity contribution in [2.45, 2.75) is 51.2 Å². The molecular weight excluding hydrogens is 216 g/mol. The monoisotopic (exact) mass is 240 g/mol. The third-order valence-corrected chi connectivity index (χ3v) is 4.01. The van der Waals surface area contributed by atoms with Gasteiger partial charge in [0.1, 0.15) is 0 Å². The molecule has 4 nitrogen and oxygen atoms in total. The average Bonchev–Trinajstić information content (AvgIpc) is 2.60. The maximum absolute atomic E-state index is 11.5. The SMILES string of the molecule is CC1CCCCN1CCCN1CC(O)CC1=O. The highest BCUT2D eigenvalue weighted by molar-refractivity contribution is 5.78. The molecule has 2 saturated heterocycles. The fourth-order valence-corrected chi connectivity index (χ4v) is 2.92. The quantitative estimate of drug-likeness (QED) is 0.792. The molecule has 0 spiro atoms. The molecule has 1 amide bonds. The standard InChI is InChI=1S/C13H24N2O2/c1-11-5-2-3-6-14(11)7-4-8-15-10-12(16)9-13(15)17/h11-12,16H,2-10H2,1H3. The van der Waals surface area contributed by atoms with Gasteiger partial charge >= 0.3 is 0 Å². The Hall–Kier alpha value is -0.610. The summed E-state index contributed by atoms with van der Waals surface area (Å²) in [5.41, 5.74) is 0. The first kappa shape index (κ1) is 12.8. The highest BCUT2D eigenvalue weighted by Gasteiger charge is 2.27. The van der Waals surface area contributed by atoms with Crippen molar-refractivity contribution in [3.8, 4) is 0 Å². The lowest BCUT2D eigenvalue weighted by Gasteiger charge is -2.33. The maximum atomic E-state index is 11.5. The van der Waals surface area contributed by atoms with Crippen LogP contribution in [0.1, 0.15) is 39.0 Å². The van der Waals surface area contributed by atoms with E-state index in [4.69, 9.17) is 0 Å². The summed E-state index contributed by atoms with van der Waals surface area (Å²) in [6.07, 6.45) is 4.89. The van der Waals surface area contributed by atoms with Crippen molar-refractivity contribution < 1.29 is 9.90 Å². The van der Waals surface area contributed by atoms with Crippen molar-refractivity contribution in [3.05, 3.63) is 0 Å². The largest absolute Gasteiger partial charge is 0.391 e. The van der Waals surface area contributed by atoms with Crippen molar-refractivity contribution in [2.75, 3.05) is 26.2 Å². The summed E-state index contributed by atoms with van der Waals surface area (Å²) in [5, 5.41) is 9.39. The fourth-order valence-electron chi connectivity index (χ4n) is 2.92. The van der Waals surface area contributed by atoms with Crippen LogP contribution >= 0.6 is 0 Å². The van der Waals surface area contributed by atoms with Gasteiger partial charge in [0, 0.05) is 25.7 Å². The van der Waals surface area contributed by atoms with Crippen LogP contribution in [0.15, 0.2) is 0 Å². The van der Waals surface area contributed by atoms with Gasteiger partial charge in [-0.15, -0.1) is 0 Å². The van der Waals surface area contributed by atoms with E-state index in [1.807, 2.05) is 0 Å². The van der Waals surface area contributed by atoms with E-state index >= 15 is 0 Å². The number of hydrogen-bond donors (Lipinski definition) is 1. The third kappa shape index (κ3) is 3.42. The summed E-state index contributed by atoms with van der Waals surface area (Å²) in [5.74, 6) is 0.115. The highest BCUT2D eigenvalue weighted by atomic mass is 16.3. The summed E-state index contributed by atoms with van der Waals surface area (Å²) in [4.78, 5) is 15.8. The normalized spacial score (nSPS) is 31.2. The summed E-state index contributed by atoms with van der Waals surface area (Å²) >= 11 is 0. The molecule has 0 aromatic rings. The van der Waals surface area contributed by atoms with Crippen LogP contribution in [0.4, 0.5) is 0 Å². The number of aliphatic hydroxyl groups is 1. The first-order valence-corrected chi connectivity index (χ1v) is 6.86. The number of β-amino-alcohol motifs (C(OH)–C–C–N with tert-alkyl or cyclic N) is 1. The fraction of sp³-hybridized carbons (Fsp3) is 0.923. The van der Waals surface area contributed by atoms with Gasteiger partial charge < -0.3 is 14.9 Å². The molecule has 0 aromatic heterocycles. The van der Waals surface area contributed by atoms with E-state index in [0.29, 0.717) is 19.0 Å². The molecule has 17 heavy (non-hydrogen) atoms. The Bertz CT molecular complexity index is 270. The second kappa shape index (κ2) is 5.83. The number of amides is 1. The molecule has 0 radical (unpaired) electrons. The van der Waals surface area contributed by atoms with Crippen molar-refractivity contribution in [1.82, 2.24) is 9.80 Å². The van der Waals surface area contributed by atoms with E-state index in [2.05, 4.69) is 11.8 Å².